The SMILES string of the molecule is COc1ccc(NC(=O)/C=C/c2ccc(O)cc2)cc1Cl. The molecule has 0 bridgehead atoms. The fraction of sp³-hybridized carbons (Fsp3) is 0.0625. The molecule has 0 saturated carbocycles. The number of halogens is 1. The fourth-order valence-corrected chi connectivity index (χ4v) is 1.94. The number of hydrogen-bond donors (Lipinski definition) is 2. The molecular formula is C16H14ClNO3. The first-order valence-corrected chi connectivity index (χ1v) is 6.58. The molecule has 0 aliphatic carbocycles. The van der Waals surface area contributed by atoms with Crippen molar-refractivity contribution in [2.45, 2.75) is 0 Å². The molecule has 0 spiro atoms. The zero-order chi connectivity index (χ0) is 15.2. The molecule has 4 nitrogen and oxygen atoms in total. The van der Waals surface area contributed by atoms with Gasteiger partial charge in [0, 0.05) is 11.8 Å². The van der Waals surface area contributed by atoms with Crippen LogP contribution in [0, 0.1) is 0 Å². The van der Waals surface area contributed by atoms with Gasteiger partial charge in [-0.2, -0.15) is 0 Å². The Morgan fingerprint density at radius 2 is 1.95 bits per heavy atom. The summed E-state index contributed by atoms with van der Waals surface area (Å²) < 4.78 is 5.04. The minimum Gasteiger partial charge on any atom is -0.508 e. The highest BCUT2D eigenvalue weighted by molar-refractivity contribution is 6.32. The Balaban J connectivity index is 2.01. The number of rotatable bonds is 4. The number of nitrogens with one attached hydrogen (secondary N) is 1. The molecule has 108 valence electrons. The van der Waals surface area contributed by atoms with E-state index in [-0.39, 0.29) is 11.7 Å². The normalized spacial score (nSPS) is 10.6. The lowest BCUT2D eigenvalue weighted by atomic mass is 10.2. The van der Waals surface area contributed by atoms with E-state index in [9.17, 15) is 9.90 Å². The maximum Gasteiger partial charge on any atom is 0.248 e. The van der Waals surface area contributed by atoms with E-state index in [1.165, 1.54) is 13.2 Å². The van der Waals surface area contributed by atoms with E-state index in [2.05, 4.69) is 5.32 Å². The van der Waals surface area contributed by atoms with Crippen molar-refractivity contribution in [2.75, 3.05) is 12.4 Å². The van der Waals surface area contributed by atoms with Crippen molar-refractivity contribution in [3.8, 4) is 11.5 Å². The van der Waals surface area contributed by atoms with Gasteiger partial charge < -0.3 is 15.2 Å². The molecule has 21 heavy (non-hydrogen) atoms. The van der Waals surface area contributed by atoms with E-state index in [4.69, 9.17) is 16.3 Å². The van der Waals surface area contributed by atoms with Crippen LogP contribution in [0.3, 0.4) is 0 Å². The summed E-state index contributed by atoms with van der Waals surface area (Å²) in [4.78, 5) is 11.8. The smallest absolute Gasteiger partial charge is 0.248 e. The van der Waals surface area contributed by atoms with E-state index in [1.54, 1.807) is 48.5 Å². The number of phenols is 1. The van der Waals surface area contributed by atoms with Crippen LogP contribution in [0.15, 0.2) is 48.5 Å². The molecule has 0 heterocycles. The summed E-state index contributed by atoms with van der Waals surface area (Å²) in [5.74, 6) is 0.461. The number of anilines is 1. The summed E-state index contributed by atoms with van der Waals surface area (Å²) in [5, 5.41) is 12.3. The van der Waals surface area contributed by atoms with Gasteiger partial charge in [-0.25, -0.2) is 0 Å². The van der Waals surface area contributed by atoms with Crippen molar-refractivity contribution < 1.29 is 14.6 Å². The molecule has 0 atom stereocenters. The molecule has 0 aliphatic heterocycles. The zero-order valence-corrected chi connectivity index (χ0v) is 12.1. The molecule has 0 aliphatic rings. The topological polar surface area (TPSA) is 58.6 Å². The van der Waals surface area contributed by atoms with Crippen molar-refractivity contribution >= 4 is 29.3 Å². The number of carbonyl (C=O) groups is 1. The number of phenolic OH excluding ortho intramolecular Hbond substituents is 1. The molecular weight excluding hydrogens is 290 g/mol. The third kappa shape index (κ3) is 4.26. The van der Waals surface area contributed by atoms with E-state index in [0.29, 0.717) is 16.5 Å². The highest BCUT2D eigenvalue weighted by atomic mass is 35.5. The predicted octanol–water partition coefficient (Wildman–Crippen LogP) is 3.71. The summed E-state index contributed by atoms with van der Waals surface area (Å²) in [5.41, 5.74) is 1.40. The van der Waals surface area contributed by atoms with Crippen LogP contribution in [0.2, 0.25) is 5.02 Å². The highest BCUT2D eigenvalue weighted by Crippen LogP contribution is 2.27. The molecule has 0 radical (unpaired) electrons. The van der Waals surface area contributed by atoms with Crippen molar-refractivity contribution in [2.24, 2.45) is 0 Å². The molecule has 5 heteroatoms. The van der Waals surface area contributed by atoms with Crippen LogP contribution in [0.1, 0.15) is 5.56 Å². The van der Waals surface area contributed by atoms with Crippen LogP contribution in [0.5, 0.6) is 11.5 Å². The van der Waals surface area contributed by atoms with Crippen LogP contribution in [-0.4, -0.2) is 18.1 Å². The molecule has 0 saturated heterocycles. The second-order valence-electron chi connectivity index (χ2n) is 4.26. The summed E-state index contributed by atoms with van der Waals surface area (Å²) in [6, 6.07) is 11.5. The first kappa shape index (κ1) is 14.9. The van der Waals surface area contributed by atoms with Gasteiger partial charge in [-0.1, -0.05) is 23.7 Å². The Hall–Kier alpha value is -2.46. The monoisotopic (exact) mass is 303 g/mol. The maximum absolute atomic E-state index is 11.8. The third-order valence-electron chi connectivity index (χ3n) is 2.74. The lowest BCUT2D eigenvalue weighted by Crippen LogP contribution is -2.07. The van der Waals surface area contributed by atoms with Crippen LogP contribution in [-0.2, 0) is 4.79 Å². The second kappa shape index (κ2) is 6.81. The summed E-state index contributed by atoms with van der Waals surface area (Å²) in [7, 11) is 1.53. The number of ether oxygens (including phenoxy) is 1. The van der Waals surface area contributed by atoms with E-state index >= 15 is 0 Å². The molecule has 2 aromatic rings. The van der Waals surface area contributed by atoms with Gasteiger partial charge >= 0.3 is 0 Å². The quantitative estimate of drug-likeness (QED) is 0.847. The summed E-state index contributed by atoms with van der Waals surface area (Å²) in [6.07, 6.45) is 3.06. The van der Waals surface area contributed by atoms with Gasteiger partial charge in [0.05, 0.1) is 12.1 Å². The van der Waals surface area contributed by atoms with Crippen LogP contribution < -0.4 is 10.1 Å². The Bertz CT molecular complexity index is 666. The summed E-state index contributed by atoms with van der Waals surface area (Å²) >= 11 is 5.98. The maximum atomic E-state index is 11.8. The molecule has 2 rings (SSSR count). The van der Waals surface area contributed by atoms with Gasteiger partial charge in [0.15, 0.2) is 0 Å². The largest absolute Gasteiger partial charge is 0.508 e. The first-order valence-electron chi connectivity index (χ1n) is 6.20. The fourth-order valence-electron chi connectivity index (χ4n) is 1.69. The number of carbonyl (C=O) groups excluding carboxylic acids is 1. The van der Waals surface area contributed by atoms with E-state index < -0.39 is 0 Å². The lowest BCUT2D eigenvalue weighted by molar-refractivity contribution is -0.111. The number of amides is 1. The average molecular weight is 304 g/mol. The van der Waals surface area contributed by atoms with E-state index in [1.807, 2.05) is 0 Å². The van der Waals surface area contributed by atoms with Gasteiger partial charge in [-0.15, -0.1) is 0 Å². The highest BCUT2D eigenvalue weighted by Gasteiger charge is 2.03. The Kier molecular flexibility index (Phi) is 4.85. The van der Waals surface area contributed by atoms with Crippen molar-refractivity contribution in [3.63, 3.8) is 0 Å². The number of benzene rings is 2. The van der Waals surface area contributed by atoms with Gasteiger partial charge in [-0.3, -0.25) is 4.79 Å². The van der Waals surface area contributed by atoms with Crippen molar-refractivity contribution in [1.29, 1.82) is 0 Å². The number of hydrogen-bond acceptors (Lipinski definition) is 3. The Morgan fingerprint density at radius 3 is 2.57 bits per heavy atom. The summed E-state index contributed by atoms with van der Waals surface area (Å²) in [6.45, 7) is 0. The van der Waals surface area contributed by atoms with Crippen LogP contribution >= 0.6 is 11.6 Å². The van der Waals surface area contributed by atoms with Crippen LogP contribution in [0.25, 0.3) is 6.08 Å². The Morgan fingerprint density at radius 1 is 1.24 bits per heavy atom. The standard InChI is InChI=1S/C16H14ClNO3/c1-21-15-8-5-12(10-14(15)17)18-16(20)9-4-11-2-6-13(19)7-3-11/h2-10,19H,1H3,(H,18,20)/b9-4+. The molecule has 0 unspecified atom stereocenters. The molecule has 1 amide bonds. The van der Waals surface area contributed by atoms with Crippen LogP contribution in [0.4, 0.5) is 5.69 Å². The molecule has 0 aromatic heterocycles. The van der Waals surface area contributed by atoms with Crippen molar-refractivity contribution in [3.05, 3.63) is 59.1 Å². The number of aromatic hydroxyl groups is 1. The van der Waals surface area contributed by atoms with Gasteiger partial charge in [-0.05, 0) is 42.0 Å². The molecule has 2 aromatic carbocycles. The molecule has 0 fully saturated rings. The number of methoxy groups -OCH3 is 1. The minimum atomic E-state index is -0.274. The zero-order valence-electron chi connectivity index (χ0n) is 11.3. The van der Waals surface area contributed by atoms with Gasteiger partial charge in [0.25, 0.3) is 0 Å². The first-order chi connectivity index (χ1) is 10.1. The van der Waals surface area contributed by atoms with Gasteiger partial charge in [0.2, 0.25) is 5.91 Å². The van der Waals surface area contributed by atoms with Gasteiger partial charge in [0.1, 0.15) is 11.5 Å². The molecule has 2 N–H and O–H groups in total. The second-order valence-corrected chi connectivity index (χ2v) is 4.67. The minimum absolute atomic E-state index is 0.185. The lowest BCUT2D eigenvalue weighted by Gasteiger charge is -2.06. The van der Waals surface area contributed by atoms with E-state index in [0.717, 1.165) is 5.56 Å². The van der Waals surface area contributed by atoms with Crippen molar-refractivity contribution in [1.82, 2.24) is 0 Å². The third-order valence-corrected chi connectivity index (χ3v) is 3.03. The average Bonchev–Trinajstić information content (AvgIpc) is 2.47. The Labute approximate surface area is 127 Å². The predicted molar refractivity (Wildman–Crippen MR) is 83.8 cm³/mol.